The number of aliphatic imine (C=N–C) groups is 2. The maximum Gasteiger partial charge on any atom is 0.252 e. The van der Waals surface area contributed by atoms with E-state index in [2.05, 4.69) is 4.99 Å². The van der Waals surface area contributed by atoms with Gasteiger partial charge in [-0.15, -0.1) is 0 Å². The number of hydrogen-bond donors (Lipinski definition) is 2. The first-order valence-corrected chi connectivity index (χ1v) is 9.11. The number of nitrogens with zero attached hydrogens (tertiary/aromatic N) is 3. The van der Waals surface area contributed by atoms with E-state index in [1.54, 1.807) is 0 Å². The lowest BCUT2D eigenvalue weighted by atomic mass is 10.1. The van der Waals surface area contributed by atoms with Gasteiger partial charge in [0.1, 0.15) is 6.04 Å². The minimum absolute atomic E-state index is 0.00727. The molecule has 0 aliphatic carbocycles. The zero-order valence-corrected chi connectivity index (χ0v) is 15.5. The second-order valence-electron chi connectivity index (χ2n) is 6.59. The summed E-state index contributed by atoms with van der Waals surface area (Å²) in [6.07, 6.45) is 1.25. The maximum absolute atomic E-state index is 13.3. The van der Waals surface area contributed by atoms with Crippen LogP contribution in [0.4, 0.5) is 5.69 Å². The lowest BCUT2D eigenvalue weighted by molar-refractivity contribution is -0.119. The molecule has 1 heterocycles. The van der Waals surface area contributed by atoms with Crippen molar-refractivity contribution in [2.45, 2.75) is 25.8 Å². The summed E-state index contributed by atoms with van der Waals surface area (Å²) in [5, 5.41) is 0. The SMILES string of the molecule is CC1=NC(Cc2ccccc2)C(=O)N(CCCN=C(N)N)c2ccccc21. The van der Waals surface area contributed by atoms with Gasteiger partial charge in [-0.3, -0.25) is 14.8 Å². The van der Waals surface area contributed by atoms with Crippen molar-refractivity contribution in [1.29, 1.82) is 0 Å². The van der Waals surface area contributed by atoms with Crippen molar-refractivity contribution in [3.63, 3.8) is 0 Å². The molecule has 1 aliphatic heterocycles. The zero-order valence-electron chi connectivity index (χ0n) is 15.5. The first-order valence-electron chi connectivity index (χ1n) is 9.11. The first kappa shape index (κ1) is 18.6. The summed E-state index contributed by atoms with van der Waals surface area (Å²) in [6, 6.07) is 17.4. The van der Waals surface area contributed by atoms with Gasteiger partial charge < -0.3 is 16.4 Å². The molecule has 0 saturated heterocycles. The molecule has 0 fully saturated rings. The molecule has 0 spiro atoms. The number of amides is 1. The van der Waals surface area contributed by atoms with Crippen LogP contribution in [0.1, 0.15) is 24.5 Å². The Balaban J connectivity index is 1.89. The number of benzene rings is 2. The van der Waals surface area contributed by atoms with Crippen molar-refractivity contribution in [2.24, 2.45) is 21.5 Å². The van der Waals surface area contributed by atoms with Crippen LogP contribution in [0.15, 0.2) is 64.6 Å². The van der Waals surface area contributed by atoms with E-state index < -0.39 is 6.04 Å². The molecule has 0 bridgehead atoms. The van der Waals surface area contributed by atoms with E-state index in [4.69, 9.17) is 16.5 Å². The summed E-state index contributed by atoms with van der Waals surface area (Å²) >= 11 is 0. The Labute approximate surface area is 159 Å². The van der Waals surface area contributed by atoms with Gasteiger partial charge in [0, 0.05) is 30.8 Å². The van der Waals surface area contributed by atoms with Gasteiger partial charge in [0.2, 0.25) is 0 Å². The highest BCUT2D eigenvalue weighted by atomic mass is 16.2. The van der Waals surface area contributed by atoms with E-state index in [-0.39, 0.29) is 11.9 Å². The van der Waals surface area contributed by atoms with Gasteiger partial charge >= 0.3 is 0 Å². The Kier molecular flexibility index (Phi) is 5.86. The Bertz CT molecular complexity index is 856. The minimum atomic E-state index is -0.442. The van der Waals surface area contributed by atoms with E-state index in [9.17, 15) is 4.79 Å². The molecular weight excluding hydrogens is 338 g/mol. The van der Waals surface area contributed by atoms with Gasteiger partial charge in [-0.05, 0) is 25.0 Å². The van der Waals surface area contributed by atoms with Gasteiger partial charge in [0.05, 0.1) is 5.69 Å². The van der Waals surface area contributed by atoms with Crippen molar-refractivity contribution in [1.82, 2.24) is 0 Å². The predicted molar refractivity (Wildman–Crippen MR) is 110 cm³/mol. The van der Waals surface area contributed by atoms with E-state index >= 15 is 0 Å². The number of hydrogen-bond acceptors (Lipinski definition) is 3. The van der Waals surface area contributed by atoms with Crippen LogP contribution in [0.5, 0.6) is 0 Å². The highest BCUT2D eigenvalue weighted by molar-refractivity contribution is 6.11. The van der Waals surface area contributed by atoms with Crippen molar-refractivity contribution in [3.8, 4) is 0 Å². The quantitative estimate of drug-likeness (QED) is 0.467. The van der Waals surface area contributed by atoms with E-state index in [0.29, 0.717) is 25.9 Å². The van der Waals surface area contributed by atoms with Crippen LogP contribution in [0.2, 0.25) is 0 Å². The Hall–Kier alpha value is -3.15. The molecule has 1 unspecified atom stereocenters. The fourth-order valence-electron chi connectivity index (χ4n) is 3.31. The largest absolute Gasteiger partial charge is 0.370 e. The monoisotopic (exact) mass is 363 g/mol. The van der Waals surface area contributed by atoms with E-state index in [1.165, 1.54) is 0 Å². The van der Waals surface area contributed by atoms with Crippen LogP contribution in [-0.4, -0.2) is 36.7 Å². The van der Waals surface area contributed by atoms with Gasteiger partial charge in [-0.2, -0.15) is 0 Å². The molecule has 1 aliphatic rings. The number of carbonyl (C=O) groups excluding carboxylic acids is 1. The zero-order chi connectivity index (χ0) is 19.2. The number of guanidine groups is 1. The highest BCUT2D eigenvalue weighted by Gasteiger charge is 2.30. The third-order valence-corrected chi connectivity index (χ3v) is 4.59. The summed E-state index contributed by atoms with van der Waals surface area (Å²) in [5.41, 5.74) is 14.7. The van der Waals surface area contributed by atoms with Crippen molar-refractivity contribution >= 4 is 23.3 Å². The smallest absolute Gasteiger partial charge is 0.252 e. The summed E-state index contributed by atoms with van der Waals surface area (Å²) in [4.78, 5) is 23.9. The van der Waals surface area contributed by atoms with E-state index in [0.717, 1.165) is 22.5 Å². The van der Waals surface area contributed by atoms with Crippen molar-refractivity contribution in [2.75, 3.05) is 18.0 Å². The van der Waals surface area contributed by atoms with Crippen LogP contribution < -0.4 is 16.4 Å². The van der Waals surface area contributed by atoms with Gasteiger partial charge in [-0.25, -0.2) is 0 Å². The molecule has 0 radical (unpaired) electrons. The van der Waals surface area contributed by atoms with Crippen molar-refractivity contribution < 1.29 is 4.79 Å². The number of rotatable bonds is 6. The average molecular weight is 363 g/mol. The molecule has 2 aromatic rings. The number of fused-ring (bicyclic) bond motifs is 1. The molecule has 27 heavy (non-hydrogen) atoms. The van der Waals surface area contributed by atoms with Gasteiger partial charge in [0.25, 0.3) is 5.91 Å². The molecular formula is C21H25N5O. The molecule has 6 heteroatoms. The molecule has 1 amide bonds. The maximum atomic E-state index is 13.3. The Morgan fingerprint density at radius 1 is 1.11 bits per heavy atom. The average Bonchev–Trinajstić information content (AvgIpc) is 2.76. The second-order valence-corrected chi connectivity index (χ2v) is 6.59. The standard InChI is InChI=1S/C21H25N5O/c1-15-17-10-5-6-11-19(17)26(13-7-12-24-21(22)23)20(27)18(25-15)14-16-8-3-2-4-9-16/h2-6,8-11,18H,7,12-14H2,1H3,(H4,22,23,24). The fraction of sp³-hybridized carbons (Fsp3) is 0.286. The fourth-order valence-corrected chi connectivity index (χ4v) is 3.31. The van der Waals surface area contributed by atoms with Crippen LogP contribution >= 0.6 is 0 Å². The predicted octanol–water partition coefficient (Wildman–Crippen LogP) is 2.12. The Morgan fingerprint density at radius 3 is 2.56 bits per heavy atom. The van der Waals surface area contributed by atoms with Gasteiger partial charge in [-0.1, -0.05) is 48.5 Å². The normalized spacial score (nSPS) is 16.3. The summed E-state index contributed by atoms with van der Waals surface area (Å²) in [7, 11) is 0. The number of anilines is 1. The van der Waals surface area contributed by atoms with E-state index in [1.807, 2.05) is 66.4 Å². The highest BCUT2D eigenvalue weighted by Crippen LogP contribution is 2.27. The number of nitrogens with two attached hydrogens (primary N) is 2. The molecule has 0 saturated carbocycles. The number of carbonyl (C=O) groups is 1. The topological polar surface area (TPSA) is 97.1 Å². The van der Waals surface area contributed by atoms with Crippen LogP contribution in [-0.2, 0) is 11.2 Å². The summed E-state index contributed by atoms with van der Waals surface area (Å²) in [6.45, 7) is 2.99. The molecule has 2 aromatic carbocycles. The van der Waals surface area contributed by atoms with Gasteiger partial charge in [0.15, 0.2) is 5.96 Å². The number of benzodiazepines with no additional fused rings is 1. The molecule has 140 valence electrons. The molecule has 3 rings (SSSR count). The number of para-hydroxylation sites is 1. The summed E-state index contributed by atoms with van der Waals surface area (Å²) < 4.78 is 0. The lowest BCUT2D eigenvalue weighted by Gasteiger charge is -2.25. The Morgan fingerprint density at radius 2 is 1.81 bits per heavy atom. The molecule has 0 aromatic heterocycles. The molecule has 4 N–H and O–H groups in total. The third-order valence-electron chi connectivity index (χ3n) is 4.59. The van der Waals surface area contributed by atoms with Crippen LogP contribution in [0.25, 0.3) is 0 Å². The van der Waals surface area contributed by atoms with Crippen LogP contribution in [0, 0.1) is 0 Å². The van der Waals surface area contributed by atoms with Crippen molar-refractivity contribution in [3.05, 3.63) is 65.7 Å². The third kappa shape index (κ3) is 4.53. The van der Waals surface area contributed by atoms with Crippen LogP contribution in [0.3, 0.4) is 0 Å². The molecule has 1 atom stereocenters. The molecule has 6 nitrogen and oxygen atoms in total. The first-order chi connectivity index (χ1) is 13.1. The lowest BCUT2D eigenvalue weighted by Crippen LogP contribution is -2.40. The summed E-state index contributed by atoms with van der Waals surface area (Å²) in [5.74, 6) is 0.0755. The second kappa shape index (κ2) is 8.49. The minimum Gasteiger partial charge on any atom is -0.370 e.